The van der Waals surface area contributed by atoms with Crippen LogP contribution in [0.15, 0.2) is 36.7 Å². The first kappa shape index (κ1) is 16.7. The third-order valence-electron chi connectivity index (χ3n) is 4.95. The Kier molecular flexibility index (Phi) is 4.51. The molecule has 0 radical (unpaired) electrons. The largest absolute Gasteiger partial charge is 0.472 e. The first-order valence-corrected chi connectivity index (χ1v) is 10.1. The zero-order chi connectivity index (χ0) is 18.1. The first-order chi connectivity index (χ1) is 13.3. The Balaban J connectivity index is 1.19. The molecular weight excluding hydrogens is 362 g/mol. The monoisotopic (exact) mass is 383 g/mol. The molecule has 0 amide bonds. The molecule has 140 valence electrons. The van der Waals surface area contributed by atoms with E-state index in [1.165, 1.54) is 4.70 Å². The molecule has 0 bridgehead atoms. The molecule has 2 aliphatic rings. The van der Waals surface area contributed by atoms with E-state index in [1.807, 2.05) is 18.2 Å². The van der Waals surface area contributed by atoms with Crippen LogP contribution in [0.1, 0.15) is 12.8 Å². The van der Waals surface area contributed by atoms with E-state index < -0.39 is 0 Å². The zero-order valence-corrected chi connectivity index (χ0v) is 15.7. The Morgan fingerprint density at radius 1 is 1.11 bits per heavy atom. The van der Waals surface area contributed by atoms with Gasteiger partial charge >= 0.3 is 0 Å². The number of hydrogen-bond donors (Lipinski definition) is 1. The van der Waals surface area contributed by atoms with Gasteiger partial charge in [0.05, 0.1) is 23.4 Å². The summed E-state index contributed by atoms with van der Waals surface area (Å²) in [6, 6.07) is 8.60. The summed E-state index contributed by atoms with van der Waals surface area (Å²) >= 11 is 1.70. The molecule has 2 aromatic heterocycles. The predicted octanol–water partition coefficient (Wildman–Crippen LogP) is 2.94. The van der Waals surface area contributed by atoms with Gasteiger partial charge in [-0.3, -0.25) is 0 Å². The number of anilines is 2. The Morgan fingerprint density at radius 3 is 2.78 bits per heavy atom. The number of fused-ring (bicyclic) bond motifs is 1. The summed E-state index contributed by atoms with van der Waals surface area (Å²) in [5.41, 5.74) is 1.05. The fraction of sp³-hybridized carbons (Fsp3) is 0.421. The van der Waals surface area contributed by atoms with Crippen molar-refractivity contribution in [1.29, 1.82) is 0 Å². The van der Waals surface area contributed by atoms with Gasteiger partial charge in [0.15, 0.2) is 10.9 Å². The van der Waals surface area contributed by atoms with Crippen molar-refractivity contribution in [1.82, 2.24) is 15.0 Å². The van der Waals surface area contributed by atoms with Crippen molar-refractivity contribution >= 4 is 32.5 Å². The van der Waals surface area contributed by atoms with Crippen LogP contribution >= 0.6 is 11.3 Å². The number of nitrogens with zero attached hydrogens (tertiary/aromatic N) is 4. The number of nitrogens with one attached hydrogen (secondary N) is 1. The van der Waals surface area contributed by atoms with Gasteiger partial charge in [-0.1, -0.05) is 23.5 Å². The zero-order valence-electron chi connectivity index (χ0n) is 14.9. The van der Waals surface area contributed by atoms with Gasteiger partial charge in [-0.15, -0.1) is 0 Å². The Morgan fingerprint density at radius 2 is 1.93 bits per heavy atom. The summed E-state index contributed by atoms with van der Waals surface area (Å²) in [5, 5.41) is 4.51. The van der Waals surface area contributed by atoms with E-state index in [-0.39, 0.29) is 6.10 Å². The number of thiazole rings is 1. The third-order valence-corrected chi connectivity index (χ3v) is 5.92. The molecule has 5 rings (SSSR count). The van der Waals surface area contributed by atoms with Crippen LogP contribution in [0.3, 0.4) is 0 Å². The molecule has 3 aromatic rings. The van der Waals surface area contributed by atoms with Gasteiger partial charge in [0.1, 0.15) is 6.10 Å². The minimum atomic E-state index is 0.161. The minimum Gasteiger partial charge on any atom is -0.472 e. The van der Waals surface area contributed by atoms with Gasteiger partial charge in [0.2, 0.25) is 0 Å². The van der Waals surface area contributed by atoms with Crippen molar-refractivity contribution in [3.63, 3.8) is 0 Å². The highest BCUT2D eigenvalue weighted by atomic mass is 32.1. The number of aromatic nitrogens is 3. The van der Waals surface area contributed by atoms with E-state index in [0.29, 0.717) is 25.1 Å². The van der Waals surface area contributed by atoms with Crippen LogP contribution < -0.4 is 15.0 Å². The second-order valence-electron chi connectivity index (χ2n) is 6.82. The number of ether oxygens (including phenoxy) is 2. The molecule has 0 atom stereocenters. The molecule has 0 spiro atoms. The van der Waals surface area contributed by atoms with Gasteiger partial charge in [-0.25, -0.2) is 15.0 Å². The molecule has 1 aromatic carbocycles. The molecule has 0 unspecified atom stereocenters. The van der Waals surface area contributed by atoms with Gasteiger partial charge < -0.3 is 19.7 Å². The summed E-state index contributed by atoms with van der Waals surface area (Å²) in [7, 11) is 0. The van der Waals surface area contributed by atoms with Crippen molar-refractivity contribution in [3.05, 3.63) is 36.7 Å². The SMILES string of the molecule is c1ccc2sc(NC3CC(Oc4nccnc4N4CCOCC4)C3)nc2c1. The van der Waals surface area contributed by atoms with Gasteiger partial charge in [0, 0.05) is 44.4 Å². The molecular formula is C19H21N5O2S. The molecule has 1 aliphatic carbocycles. The highest BCUT2D eigenvalue weighted by Gasteiger charge is 2.33. The lowest BCUT2D eigenvalue weighted by atomic mass is 9.89. The molecule has 1 saturated heterocycles. The Labute approximate surface area is 161 Å². The summed E-state index contributed by atoms with van der Waals surface area (Å²) in [5.74, 6) is 1.45. The lowest BCUT2D eigenvalue weighted by molar-refractivity contribution is 0.100. The van der Waals surface area contributed by atoms with Crippen molar-refractivity contribution in [2.75, 3.05) is 36.5 Å². The smallest absolute Gasteiger partial charge is 0.257 e. The highest BCUT2D eigenvalue weighted by molar-refractivity contribution is 7.22. The van der Waals surface area contributed by atoms with Crippen molar-refractivity contribution in [2.24, 2.45) is 0 Å². The maximum Gasteiger partial charge on any atom is 0.257 e. The summed E-state index contributed by atoms with van der Waals surface area (Å²) in [6.07, 6.45) is 5.45. The Hall–Kier alpha value is -2.45. The maximum absolute atomic E-state index is 6.15. The highest BCUT2D eigenvalue weighted by Crippen LogP contribution is 2.33. The van der Waals surface area contributed by atoms with E-state index in [0.717, 1.165) is 42.4 Å². The van der Waals surface area contributed by atoms with Gasteiger partial charge in [-0.2, -0.15) is 0 Å². The fourth-order valence-corrected chi connectivity index (χ4v) is 4.38. The van der Waals surface area contributed by atoms with E-state index >= 15 is 0 Å². The normalized spacial score (nSPS) is 22.4. The van der Waals surface area contributed by atoms with Crippen molar-refractivity contribution in [3.8, 4) is 5.88 Å². The number of hydrogen-bond acceptors (Lipinski definition) is 8. The molecule has 3 heterocycles. The quantitative estimate of drug-likeness (QED) is 0.726. The first-order valence-electron chi connectivity index (χ1n) is 9.27. The minimum absolute atomic E-state index is 0.161. The average Bonchev–Trinajstić information content (AvgIpc) is 3.10. The third kappa shape index (κ3) is 3.54. The second kappa shape index (κ2) is 7.28. The molecule has 2 fully saturated rings. The number of morpholine rings is 1. The summed E-state index contributed by atoms with van der Waals surface area (Å²) < 4.78 is 12.8. The van der Waals surface area contributed by atoms with Gasteiger partial charge in [-0.05, 0) is 12.1 Å². The van der Waals surface area contributed by atoms with Crippen LogP contribution in [0.2, 0.25) is 0 Å². The van der Waals surface area contributed by atoms with Crippen LogP contribution in [0.25, 0.3) is 10.2 Å². The van der Waals surface area contributed by atoms with Crippen LogP contribution in [-0.2, 0) is 4.74 Å². The molecule has 1 aliphatic heterocycles. The average molecular weight is 383 g/mol. The van der Waals surface area contributed by atoms with E-state index in [1.54, 1.807) is 23.7 Å². The van der Waals surface area contributed by atoms with Crippen LogP contribution in [0.4, 0.5) is 10.9 Å². The standard InChI is InChI=1S/C19H21N5O2S/c1-2-4-16-15(3-1)23-19(27-16)22-13-11-14(12-13)26-18-17(20-5-6-21-18)24-7-9-25-10-8-24/h1-6,13-14H,7-12H2,(H,22,23). The lowest BCUT2D eigenvalue weighted by Crippen LogP contribution is -2.43. The topological polar surface area (TPSA) is 72.4 Å². The molecule has 27 heavy (non-hydrogen) atoms. The molecule has 1 N–H and O–H groups in total. The molecule has 8 heteroatoms. The van der Waals surface area contributed by atoms with Crippen LogP contribution in [0, 0.1) is 0 Å². The predicted molar refractivity (Wildman–Crippen MR) is 106 cm³/mol. The Bertz CT molecular complexity index is 888. The van der Waals surface area contributed by atoms with E-state index in [2.05, 4.69) is 31.2 Å². The lowest BCUT2D eigenvalue weighted by Gasteiger charge is -2.36. The summed E-state index contributed by atoms with van der Waals surface area (Å²) in [4.78, 5) is 15.7. The summed E-state index contributed by atoms with van der Waals surface area (Å²) in [6.45, 7) is 3.07. The number of para-hydroxylation sites is 1. The van der Waals surface area contributed by atoms with Crippen LogP contribution in [-0.4, -0.2) is 53.4 Å². The molecule has 1 saturated carbocycles. The number of benzene rings is 1. The van der Waals surface area contributed by atoms with E-state index in [9.17, 15) is 0 Å². The van der Waals surface area contributed by atoms with E-state index in [4.69, 9.17) is 9.47 Å². The maximum atomic E-state index is 6.15. The molecule has 7 nitrogen and oxygen atoms in total. The second-order valence-corrected chi connectivity index (χ2v) is 7.85. The van der Waals surface area contributed by atoms with Crippen molar-refractivity contribution in [2.45, 2.75) is 25.0 Å². The van der Waals surface area contributed by atoms with Crippen LogP contribution in [0.5, 0.6) is 5.88 Å². The van der Waals surface area contributed by atoms with Crippen molar-refractivity contribution < 1.29 is 9.47 Å². The fourth-order valence-electron chi connectivity index (χ4n) is 3.44. The van der Waals surface area contributed by atoms with Gasteiger partial charge in [0.25, 0.3) is 5.88 Å². The number of rotatable bonds is 5.